The highest BCUT2D eigenvalue weighted by atomic mass is 16.3. The second-order valence-electron chi connectivity index (χ2n) is 5.28. The number of aryl methyl sites for hydroxylation is 1. The molecule has 1 atom stereocenters. The Hall–Kier alpha value is -2.34. The Morgan fingerprint density at radius 3 is 2.68 bits per heavy atom. The van der Waals surface area contributed by atoms with Gasteiger partial charge in [-0.1, -0.05) is 30.3 Å². The first-order valence-electron chi connectivity index (χ1n) is 7.26. The Morgan fingerprint density at radius 1 is 1.36 bits per heavy atom. The Balaban J connectivity index is 1.83. The van der Waals surface area contributed by atoms with E-state index in [9.17, 15) is 9.90 Å². The normalized spacial score (nSPS) is 12.0. The number of benzene rings is 1. The number of aliphatic hydroxyl groups excluding tert-OH is 1. The van der Waals surface area contributed by atoms with Crippen molar-refractivity contribution in [3.8, 4) is 0 Å². The van der Waals surface area contributed by atoms with Crippen LogP contribution in [0.2, 0.25) is 0 Å². The van der Waals surface area contributed by atoms with Crippen LogP contribution in [0.4, 0.5) is 4.79 Å². The first-order valence-corrected chi connectivity index (χ1v) is 7.26. The highest BCUT2D eigenvalue weighted by molar-refractivity contribution is 5.74. The van der Waals surface area contributed by atoms with Crippen molar-refractivity contribution in [2.24, 2.45) is 7.05 Å². The summed E-state index contributed by atoms with van der Waals surface area (Å²) in [4.78, 5) is 11.9. The largest absolute Gasteiger partial charge is 0.394 e. The lowest BCUT2D eigenvalue weighted by Gasteiger charge is -2.17. The molecule has 3 N–H and O–H groups in total. The predicted octanol–water partition coefficient (Wildman–Crippen LogP) is 1.13. The maximum absolute atomic E-state index is 11.9. The van der Waals surface area contributed by atoms with Gasteiger partial charge < -0.3 is 15.7 Å². The predicted molar refractivity (Wildman–Crippen MR) is 84.3 cm³/mol. The Kier molecular flexibility index (Phi) is 5.55. The lowest BCUT2D eigenvalue weighted by Crippen LogP contribution is -2.44. The van der Waals surface area contributed by atoms with Gasteiger partial charge in [0.05, 0.1) is 18.8 Å². The van der Waals surface area contributed by atoms with E-state index in [1.54, 1.807) is 10.9 Å². The third-order valence-electron chi connectivity index (χ3n) is 3.66. The molecule has 2 amide bonds. The number of carbonyl (C=O) groups is 1. The van der Waals surface area contributed by atoms with E-state index in [4.69, 9.17) is 0 Å². The summed E-state index contributed by atoms with van der Waals surface area (Å²) < 4.78 is 1.76. The molecule has 1 aromatic carbocycles. The van der Waals surface area contributed by atoms with E-state index in [2.05, 4.69) is 15.7 Å². The van der Waals surface area contributed by atoms with Crippen LogP contribution in [-0.2, 0) is 20.0 Å². The van der Waals surface area contributed by atoms with Crippen LogP contribution < -0.4 is 10.6 Å². The average molecular weight is 302 g/mol. The molecule has 0 fully saturated rings. The lowest BCUT2D eigenvalue weighted by atomic mass is 10.1. The zero-order valence-electron chi connectivity index (χ0n) is 12.9. The molecule has 0 aliphatic heterocycles. The van der Waals surface area contributed by atoms with Crippen LogP contribution in [0.3, 0.4) is 0 Å². The highest BCUT2D eigenvalue weighted by Crippen LogP contribution is 2.05. The molecule has 1 aromatic heterocycles. The van der Waals surface area contributed by atoms with Crippen molar-refractivity contribution in [2.45, 2.75) is 25.9 Å². The molecule has 118 valence electrons. The lowest BCUT2D eigenvalue weighted by molar-refractivity contribution is 0.215. The Morgan fingerprint density at radius 2 is 2.09 bits per heavy atom. The summed E-state index contributed by atoms with van der Waals surface area (Å²) >= 11 is 0. The van der Waals surface area contributed by atoms with E-state index in [1.165, 1.54) is 0 Å². The average Bonchev–Trinajstić information content (AvgIpc) is 2.85. The number of hydrogen-bond donors (Lipinski definition) is 3. The Bertz CT molecular complexity index is 610. The molecular formula is C16H22N4O2. The van der Waals surface area contributed by atoms with Crippen molar-refractivity contribution in [2.75, 3.05) is 6.61 Å². The zero-order valence-corrected chi connectivity index (χ0v) is 12.9. The molecule has 0 aliphatic rings. The number of hydrogen-bond acceptors (Lipinski definition) is 3. The molecule has 1 heterocycles. The van der Waals surface area contributed by atoms with Gasteiger partial charge in [0.1, 0.15) is 0 Å². The molecule has 22 heavy (non-hydrogen) atoms. The van der Waals surface area contributed by atoms with Gasteiger partial charge in [-0.3, -0.25) is 4.68 Å². The third-order valence-corrected chi connectivity index (χ3v) is 3.66. The van der Waals surface area contributed by atoms with Gasteiger partial charge in [0.15, 0.2) is 0 Å². The number of nitrogens with zero attached hydrogens (tertiary/aromatic N) is 2. The molecule has 0 aliphatic carbocycles. The minimum absolute atomic E-state index is 0.103. The second kappa shape index (κ2) is 7.61. The minimum Gasteiger partial charge on any atom is -0.394 e. The van der Waals surface area contributed by atoms with Gasteiger partial charge in [0.25, 0.3) is 0 Å². The standard InChI is InChI=1S/C16H22N4O2/c1-12-14(10-18-20(12)2)9-17-16(22)19-15(11-21)8-13-6-4-3-5-7-13/h3-7,10,15,21H,8-9,11H2,1-2H3,(H2,17,19,22)/t15-/m0/s1. The number of aliphatic hydroxyl groups is 1. The molecule has 2 aromatic rings. The molecule has 6 heteroatoms. The van der Waals surface area contributed by atoms with E-state index in [0.717, 1.165) is 16.8 Å². The zero-order chi connectivity index (χ0) is 15.9. The van der Waals surface area contributed by atoms with Gasteiger partial charge in [-0.15, -0.1) is 0 Å². The van der Waals surface area contributed by atoms with E-state index in [0.29, 0.717) is 13.0 Å². The maximum atomic E-state index is 11.9. The van der Waals surface area contributed by atoms with E-state index in [1.807, 2.05) is 44.3 Å². The molecule has 0 bridgehead atoms. The van der Waals surface area contributed by atoms with Crippen LogP contribution in [0.15, 0.2) is 36.5 Å². The van der Waals surface area contributed by atoms with Gasteiger partial charge in [-0.2, -0.15) is 5.10 Å². The molecule has 0 spiro atoms. The van der Waals surface area contributed by atoms with Gasteiger partial charge in [0.2, 0.25) is 0 Å². The van der Waals surface area contributed by atoms with Crippen molar-refractivity contribution in [1.29, 1.82) is 0 Å². The SMILES string of the molecule is Cc1c(CNC(=O)N[C@H](CO)Cc2ccccc2)cnn1C. The van der Waals surface area contributed by atoms with Gasteiger partial charge in [-0.05, 0) is 18.9 Å². The Labute approximate surface area is 130 Å². The fourth-order valence-electron chi connectivity index (χ4n) is 2.19. The number of urea groups is 1. The summed E-state index contributed by atoms with van der Waals surface area (Å²) in [5.74, 6) is 0. The molecule has 6 nitrogen and oxygen atoms in total. The van der Waals surface area contributed by atoms with E-state index >= 15 is 0 Å². The molecule has 0 saturated heterocycles. The summed E-state index contributed by atoms with van der Waals surface area (Å²) in [5.41, 5.74) is 3.06. The van der Waals surface area contributed by atoms with E-state index < -0.39 is 0 Å². The fraction of sp³-hybridized carbons (Fsp3) is 0.375. The third kappa shape index (κ3) is 4.33. The highest BCUT2D eigenvalue weighted by Gasteiger charge is 2.12. The van der Waals surface area contributed by atoms with Crippen LogP contribution in [0, 0.1) is 6.92 Å². The van der Waals surface area contributed by atoms with Crippen LogP contribution in [-0.4, -0.2) is 33.6 Å². The van der Waals surface area contributed by atoms with Crippen LogP contribution >= 0.6 is 0 Å². The van der Waals surface area contributed by atoms with Crippen LogP contribution in [0.5, 0.6) is 0 Å². The summed E-state index contributed by atoms with van der Waals surface area (Å²) in [6.07, 6.45) is 2.33. The van der Waals surface area contributed by atoms with Gasteiger partial charge in [-0.25, -0.2) is 4.79 Å². The number of aromatic nitrogens is 2. The summed E-state index contributed by atoms with van der Waals surface area (Å²) in [6.45, 7) is 2.26. The fourth-order valence-corrected chi connectivity index (χ4v) is 2.19. The number of amides is 2. The second-order valence-corrected chi connectivity index (χ2v) is 5.28. The summed E-state index contributed by atoms with van der Waals surface area (Å²) in [6, 6.07) is 9.16. The van der Waals surface area contributed by atoms with Crippen molar-refractivity contribution in [1.82, 2.24) is 20.4 Å². The van der Waals surface area contributed by atoms with Crippen LogP contribution in [0.1, 0.15) is 16.8 Å². The quantitative estimate of drug-likeness (QED) is 0.748. The molecule has 0 radical (unpaired) electrons. The first kappa shape index (κ1) is 16.0. The van der Waals surface area contributed by atoms with E-state index in [-0.39, 0.29) is 18.7 Å². The molecule has 0 unspecified atom stereocenters. The van der Waals surface area contributed by atoms with Crippen LogP contribution in [0.25, 0.3) is 0 Å². The minimum atomic E-state index is -0.308. The van der Waals surface area contributed by atoms with Crippen molar-refractivity contribution < 1.29 is 9.90 Å². The van der Waals surface area contributed by atoms with Crippen molar-refractivity contribution >= 4 is 6.03 Å². The molecule has 0 saturated carbocycles. The van der Waals surface area contributed by atoms with Gasteiger partial charge >= 0.3 is 6.03 Å². The monoisotopic (exact) mass is 302 g/mol. The summed E-state index contributed by atoms with van der Waals surface area (Å²) in [7, 11) is 1.86. The first-order chi connectivity index (χ1) is 10.6. The van der Waals surface area contributed by atoms with Crippen molar-refractivity contribution in [3.05, 3.63) is 53.3 Å². The number of carbonyl (C=O) groups excluding carboxylic acids is 1. The number of rotatable bonds is 6. The van der Waals surface area contributed by atoms with Crippen molar-refractivity contribution in [3.63, 3.8) is 0 Å². The van der Waals surface area contributed by atoms with Gasteiger partial charge in [0, 0.05) is 24.8 Å². The topological polar surface area (TPSA) is 79.2 Å². The molecule has 2 rings (SSSR count). The smallest absolute Gasteiger partial charge is 0.315 e. The number of nitrogens with one attached hydrogen (secondary N) is 2. The molecular weight excluding hydrogens is 280 g/mol. The maximum Gasteiger partial charge on any atom is 0.315 e. The summed E-state index contributed by atoms with van der Waals surface area (Å²) in [5, 5.41) is 19.1.